The van der Waals surface area contributed by atoms with Crippen LogP contribution in [-0.2, 0) is 0 Å². The van der Waals surface area contributed by atoms with E-state index in [2.05, 4.69) is 15.6 Å². The fourth-order valence-corrected chi connectivity index (χ4v) is 2.22. The molecule has 0 bridgehead atoms. The van der Waals surface area contributed by atoms with Gasteiger partial charge in [-0.05, 0) is 36.4 Å². The van der Waals surface area contributed by atoms with Gasteiger partial charge >= 0.3 is 0 Å². The Kier molecular flexibility index (Phi) is 4.54. The van der Waals surface area contributed by atoms with E-state index < -0.39 is 0 Å². The maximum Gasteiger partial charge on any atom is 0.256 e. The zero-order chi connectivity index (χ0) is 16.1. The van der Waals surface area contributed by atoms with E-state index in [-0.39, 0.29) is 5.91 Å². The lowest BCUT2D eigenvalue weighted by atomic mass is 10.2. The van der Waals surface area contributed by atoms with Gasteiger partial charge in [-0.25, -0.2) is 4.98 Å². The maximum atomic E-state index is 12.1. The normalized spacial score (nSPS) is 10.1. The van der Waals surface area contributed by atoms with Gasteiger partial charge in [0.15, 0.2) is 0 Å². The summed E-state index contributed by atoms with van der Waals surface area (Å²) in [6, 6.07) is 20.0. The molecule has 0 saturated heterocycles. The zero-order valence-corrected chi connectivity index (χ0v) is 12.9. The number of carbonyl (C=O) groups excluding carboxylic acids is 1. The summed E-state index contributed by atoms with van der Waals surface area (Å²) in [4.78, 5) is 16.3. The summed E-state index contributed by atoms with van der Waals surface area (Å²) in [6.45, 7) is 0. The number of carbonyl (C=O) groups is 1. The van der Waals surface area contributed by atoms with Crippen LogP contribution in [0.15, 0.2) is 72.9 Å². The molecule has 0 aliphatic rings. The molecule has 114 valence electrons. The summed E-state index contributed by atoms with van der Waals surface area (Å²) < 4.78 is 0. The third-order valence-electron chi connectivity index (χ3n) is 3.19. The van der Waals surface area contributed by atoms with E-state index in [9.17, 15) is 4.79 Å². The van der Waals surface area contributed by atoms with Crippen LogP contribution >= 0.6 is 11.6 Å². The van der Waals surface area contributed by atoms with Crippen molar-refractivity contribution in [3.8, 4) is 0 Å². The summed E-state index contributed by atoms with van der Waals surface area (Å²) in [5.74, 6) is 0.300. The minimum absolute atomic E-state index is 0.190. The number of pyridine rings is 1. The molecule has 0 spiro atoms. The molecule has 2 N–H and O–H groups in total. The highest BCUT2D eigenvalue weighted by Crippen LogP contribution is 2.24. The second kappa shape index (κ2) is 6.94. The number of benzene rings is 2. The highest BCUT2D eigenvalue weighted by molar-refractivity contribution is 6.33. The second-order valence-corrected chi connectivity index (χ2v) is 5.26. The van der Waals surface area contributed by atoms with Crippen LogP contribution in [0.25, 0.3) is 0 Å². The van der Waals surface area contributed by atoms with Crippen molar-refractivity contribution in [3.05, 3.63) is 83.5 Å². The van der Waals surface area contributed by atoms with Crippen LogP contribution in [0, 0.1) is 0 Å². The van der Waals surface area contributed by atoms with Gasteiger partial charge in [-0.2, -0.15) is 0 Å². The molecule has 0 fully saturated rings. The van der Waals surface area contributed by atoms with Crippen molar-refractivity contribution in [1.82, 2.24) is 4.98 Å². The van der Waals surface area contributed by atoms with Crippen molar-refractivity contribution >= 4 is 34.7 Å². The summed E-state index contributed by atoms with van der Waals surface area (Å²) in [5, 5.41) is 6.57. The first kappa shape index (κ1) is 15.1. The van der Waals surface area contributed by atoms with E-state index in [0.717, 1.165) is 11.4 Å². The molecule has 0 aliphatic carbocycles. The van der Waals surface area contributed by atoms with Gasteiger partial charge < -0.3 is 10.6 Å². The van der Waals surface area contributed by atoms with E-state index in [0.29, 0.717) is 16.4 Å². The van der Waals surface area contributed by atoms with Gasteiger partial charge in [-0.1, -0.05) is 41.9 Å². The van der Waals surface area contributed by atoms with Crippen molar-refractivity contribution in [2.24, 2.45) is 0 Å². The number of anilines is 3. The van der Waals surface area contributed by atoms with Crippen LogP contribution < -0.4 is 10.6 Å². The molecular formula is C18H14ClN3O. The van der Waals surface area contributed by atoms with Crippen molar-refractivity contribution in [1.29, 1.82) is 0 Å². The SMILES string of the molecule is O=C(Nc1ccc(Nc2ccccc2Cl)cn1)c1ccccc1. The average Bonchev–Trinajstić information content (AvgIpc) is 2.59. The van der Waals surface area contributed by atoms with E-state index in [1.165, 1.54) is 0 Å². The van der Waals surface area contributed by atoms with Crippen molar-refractivity contribution in [2.75, 3.05) is 10.6 Å². The predicted molar refractivity (Wildman–Crippen MR) is 93.4 cm³/mol. The second-order valence-electron chi connectivity index (χ2n) is 4.86. The lowest BCUT2D eigenvalue weighted by Gasteiger charge is -2.09. The number of hydrogen-bond donors (Lipinski definition) is 2. The topological polar surface area (TPSA) is 54.0 Å². The smallest absolute Gasteiger partial charge is 0.256 e. The molecule has 0 atom stereocenters. The molecule has 0 radical (unpaired) electrons. The molecule has 3 rings (SSSR count). The lowest BCUT2D eigenvalue weighted by molar-refractivity contribution is 0.102. The molecule has 0 saturated carbocycles. The first-order valence-electron chi connectivity index (χ1n) is 7.06. The van der Waals surface area contributed by atoms with Gasteiger partial charge in [0.25, 0.3) is 5.91 Å². The molecule has 1 amide bonds. The number of halogens is 1. The molecule has 2 aromatic carbocycles. The number of aromatic nitrogens is 1. The number of para-hydroxylation sites is 1. The van der Waals surface area contributed by atoms with Crippen molar-refractivity contribution < 1.29 is 4.79 Å². The Bertz CT molecular complexity index is 804. The van der Waals surface area contributed by atoms with Gasteiger partial charge in [0.2, 0.25) is 0 Å². The fraction of sp³-hybridized carbons (Fsp3) is 0. The number of nitrogens with zero attached hydrogens (tertiary/aromatic N) is 1. The van der Waals surface area contributed by atoms with Gasteiger partial charge in [-0.15, -0.1) is 0 Å². The van der Waals surface area contributed by atoms with Crippen LogP contribution in [0.1, 0.15) is 10.4 Å². The molecular weight excluding hydrogens is 310 g/mol. The maximum absolute atomic E-state index is 12.1. The molecule has 23 heavy (non-hydrogen) atoms. The summed E-state index contributed by atoms with van der Waals surface area (Å²) in [6.07, 6.45) is 1.64. The van der Waals surface area contributed by atoms with E-state index >= 15 is 0 Å². The lowest BCUT2D eigenvalue weighted by Crippen LogP contribution is -2.12. The van der Waals surface area contributed by atoms with E-state index in [4.69, 9.17) is 11.6 Å². The van der Waals surface area contributed by atoms with Gasteiger partial charge in [0.05, 0.1) is 22.6 Å². The van der Waals surface area contributed by atoms with E-state index in [1.54, 1.807) is 24.4 Å². The Labute approximate surface area is 139 Å². The summed E-state index contributed by atoms with van der Waals surface area (Å²) in [5.41, 5.74) is 2.18. The molecule has 5 heteroatoms. The first-order chi connectivity index (χ1) is 11.2. The molecule has 0 aliphatic heterocycles. The fourth-order valence-electron chi connectivity index (χ4n) is 2.04. The van der Waals surface area contributed by atoms with Crippen LogP contribution in [-0.4, -0.2) is 10.9 Å². The summed E-state index contributed by atoms with van der Waals surface area (Å²) >= 11 is 6.10. The monoisotopic (exact) mass is 323 g/mol. The number of hydrogen-bond acceptors (Lipinski definition) is 3. The Hall–Kier alpha value is -2.85. The van der Waals surface area contributed by atoms with Gasteiger partial charge in [0.1, 0.15) is 5.82 Å². The third kappa shape index (κ3) is 3.87. The number of nitrogens with one attached hydrogen (secondary N) is 2. The number of rotatable bonds is 4. The van der Waals surface area contributed by atoms with Crippen LogP contribution in [0.4, 0.5) is 17.2 Å². The third-order valence-corrected chi connectivity index (χ3v) is 3.52. The van der Waals surface area contributed by atoms with Gasteiger partial charge in [0, 0.05) is 5.56 Å². The Balaban J connectivity index is 1.68. The molecule has 1 aromatic heterocycles. The average molecular weight is 324 g/mol. The quantitative estimate of drug-likeness (QED) is 0.729. The highest BCUT2D eigenvalue weighted by atomic mass is 35.5. The molecule has 4 nitrogen and oxygen atoms in total. The zero-order valence-electron chi connectivity index (χ0n) is 12.2. The highest BCUT2D eigenvalue weighted by Gasteiger charge is 2.06. The first-order valence-corrected chi connectivity index (χ1v) is 7.44. The minimum atomic E-state index is -0.190. The Morgan fingerprint density at radius 3 is 2.35 bits per heavy atom. The molecule has 0 unspecified atom stereocenters. The molecule has 1 heterocycles. The Morgan fingerprint density at radius 1 is 0.913 bits per heavy atom. The van der Waals surface area contributed by atoms with Crippen molar-refractivity contribution in [2.45, 2.75) is 0 Å². The van der Waals surface area contributed by atoms with Crippen LogP contribution in [0.2, 0.25) is 5.02 Å². The van der Waals surface area contributed by atoms with E-state index in [1.807, 2.05) is 48.5 Å². The van der Waals surface area contributed by atoms with Crippen LogP contribution in [0.5, 0.6) is 0 Å². The molecule has 3 aromatic rings. The predicted octanol–water partition coefficient (Wildman–Crippen LogP) is 4.73. The number of amides is 1. The van der Waals surface area contributed by atoms with Gasteiger partial charge in [-0.3, -0.25) is 4.79 Å². The van der Waals surface area contributed by atoms with Crippen molar-refractivity contribution in [3.63, 3.8) is 0 Å². The Morgan fingerprint density at radius 2 is 1.65 bits per heavy atom. The standard InChI is InChI=1S/C18H14ClN3O/c19-15-8-4-5-9-16(15)21-14-10-11-17(20-12-14)22-18(23)13-6-2-1-3-7-13/h1-12,21H,(H,20,22,23). The minimum Gasteiger partial charge on any atom is -0.353 e. The van der Waals surface area contributed by atoms with Crippen LogP contribution in [0.3, 0.4) is 0 Å². The summed E-state index contributed by atoms with van der Waals surface area (Å²) in [7, 11) is 0. The largest absolute Gasteiger partial charge is 0.353 e.